The van der Waals surface area contributed by atoms with Gasteiger partial charge in [-0.05, 0) is 85.0 Å². The Hall–Kier alpha value is -3.85. The average molecular weight is 605 g/mol. The first-order valence-corrected chi connectivity index (χ1v) is 17.1. The summed E-state index contributed by atoms with van der Waals surface area (Å²) in [5.41, 5.74) is 10.9. The molecule has 0 fully saturated rings. The van der Waals surface area contributed by atoms with Crippen LogP contribution in [0, 0.1) is 0 Å². The predicted octanol–water partition coefficient (Wildman–Crippen LogP) is 13.3. The number of hydrogen-bond donors (Lipinski definition) is 0. The lowest BCUT2D eigenvalue weighted by Gasteiger charge is -2.22. The van der Waals surface area contributed by atoms with Gasteiger partial charge in [-0.1, -0.05) is 138 Å². The van der Waals surface area contributed by atoms with Gasteiger partial charge in [-0.2, -0.15) is 0 Å². The summed E-state index contributed by atoms with van der Waals surface area (Å²) in [6, 6.07) is 41.6. The van der Waals surface area contributed by atoms with E-state index in [1.54, 1.807) is 0 Å². The molecule has 1 aliphatic rings. The average Bonchev–Trinajstić information content (AvgIpc) is 3.38. The molecular formula is C42H36S2. The van der Waals surface area contributed by atoms with Gasteiger partial charge >= 0.3 is 0 Å². The topological polar surface area (TPSA) is 0 Å². The highest BCUT2D eigenvalue weighted by atomic mass is 32.2. The molecule has 0 saturated carbocycles. The SMILES string of the molecule is CC(C)(C)c1ccc(-c2ccc3c(c2)Sc2cccc4c2c-3cc2sc3cc(-c5ccc(C(C)(C)C)cc5)ccc3c24)cc1. The van der Waals surface area contributed by atoms with Crippen molar-refractivity contribution in [1.82, 2.24) is 0 Å². The Labute approximate surface area is 268 Å². The summed E-state index contributed by atoms with van der Waals surface area (Å²) < 4.78 is 2.71. The van der Waals surface area contributed by atoms with Gasteiger partial charge in [0.05, 0.1) is 0 Å². The quantitative estimate of drug-likeness (QED) is 0.189. The van der Waals surface area contributed by atoms with Crippen LogP contribution in [0.15, 0.2) is 119 Å². The second-order valence-corrected chi connectivity index (χ2v) is 16.4. The van der Waals surface area contributed by atoms with E-state index in [-0.39, 0.29) is 10.8 Å². The zero-order valence-corrected chi connectivity index (χ0v) is 27.8. The number of rotatable bonds is 2. The number of thiophene rings is 1. The van der Waals surface area contributed by atoms with Crippen LogP contribution in [0.1, 0.15) is 52.7 Å². The molecule has 6 aromatic carbocycles. The zero-order chi connectivity index (χ0) is 30.4. The first-order chi connectivity index (χ1) is 21.0. The maximum absolute atomic E-state index is 2.46. The molecule has 8 rings (SSSR count). The van der Waals surface area contributed by atoms with E-state index in [4.69, 9.17) is 0 Å². The van der Waals surface area contributed by atoms with E-state index in [9.17, 15) is 0 Å². The minimum atomic E-state index is 0.157. The van der Waals surface area contributed by atoms with Gasteiger partial charge in [0.25, 0.3) is 0 Å². The first kappa shape index (κ1) is 27.7. The fraction of sp³-hybridized carbons (Fsp3) is 0.190. The monoisotopic (exact) mass is 604 g/mol. The Morgan fingerprint density at radius 1 is 0.432 bits per heavy atom. The van der Waals surface area contributed by atoms with Gasteiger partial charge in [0.15, 0.2) is 0 Å². The van der Waals surface area contributed by atoms with E-state index in [1.807, 2.05) is 23.1 Å². The molecule has 216 valence electrons. The van der Waals surface area contributed by atoms with E-state index in [2.05, 4.69) is 151 Å². The van der Waals surface area contributed by atoms with Crippen molar-refractivity contribution in [3.8, 4) is 33.4 Å². The second-order valence-electron chi connectivity index (χ2n) is 14.3. The fourth-order valence-corrected chi connectivity index (χ4v) is 9.03. The van der Waals surface area contributed by atoms with Crippen molar-refractivity contribution in [2.75, 3.05) is 0 Å². The molecule has 0 spiro atoms. The third-order valence-corrected chi connectivity index (χ3v) is 11.4. The second kappa shape index (κ2) is 9.83. The molecule has 0 bridgehead atoms. The summed E-state index contributed by atoms with van der Waals surface area (Å²) in [4.78, 5) is 2.69. The molecule has 0 N–H and O–H groups in total. The minimum absolute atomic E-state index is 0.157. The first-order valence-electron chi connectivity index (χ1n) is 15.5. The van der Waals surface area contributed by atoms with Gasteiger partial charge in [0, 0.05) is 35.3 Å². The molecule has 44 heavy (non-hydrogen) atoms. The van der Waals surface area contributed by atoms with Crippen LogP contribution in [0.2, 0.25) is 0 Å². The summed E-state index contributed by atoms with van der Waals surface area (Å²) in [6.45, 7) is 13.6. The van der Waals surface area contributed by atoms with Crippen molar-refractivity contribution < 1.29 is 0 Å². The molecule has 2 heterocycles. The van der Waals surface area contributed by atoms with Crippen LogP contribution in [0.4, 0.5) is 0 Å². The van der Waals surface area contributed by atoms with Crippen molar-refractivity contribution in [3.05, 3.63) is 120 Å². The summed E-state index contributed by atoms with van der Waals surface area (Å²) in [7, 11) is 0. The molecular weight excluding hydrogens is 569 g/mol. The van der Waals surface area contributed by atoms with Gasteiger partial charge in [-0.3, -0.25) is 0 Å². The Morgan fingerprint density at radius 2 is 1.02 bits per heavy atom. The molecule has 2 heteroatoms. The van der Waals surface area contributed by atoms with Crippen LogP contribution in [0.25, 0.3) is 64.3 Å². The molecule has 0 atom stereocenters. The maximum Gasteiger partial charge on any atom is 0.0368 e. The minimum Gasteiger partial charge on any atom is -0.135 e. The molecule has 1 aromatic heterocycles. The van der Waals surface area contributed by atoms with Gasteiger partial charge in [-0.25, -0.2) is 0 Å². The summed E-state index contributed by atoms with van der Waals surface area (Å²) in [5.74, 6) is 0. The third-order valence-electron chi connectivity index (χ3n) is 9.22. The predicted molar refractivity (Wildman–Crippen MR) is 195 cm³/mol. The lowest BCUT2D eigenvalue weighted by molar-refractivity contribution is 0.590. The Balaban J connectivity index is 1.24. The molecule has 0 radical (unpaired) electrons. The van der Waals surface area contributed by atoms with E-state index in [0.717, 1.165) is 0 Å². The van der Waals surface area contributed by atoms with Crippen LogP contribution < -0.4 is 0 Å². The fourth-order valence-electron chi connectivity index (χ4n) is 6.65. The lowest BCUT2D eigenvalue weighted by atomic mass is 9.86. The number of benzene rings is 6. The summed E-state index contributed by atoms with van der Waals surface area (Å²) in [5, 5.41) is 5.50. The highest BCUT2D eigenvalue weighted by molar-refractivity contribution is 7.99. The molecule has 0 saturated heterocycles. The van der Waals surface area contributed by atoms with Gasteiger partial charge in [-0.15, -0.1) is 11.3 Å². The smallest absolute Gasteiger partial charge is 0.0368 e. The maximum atomic E-state index is 2.46. The highest BCUT2D eigenvalue weighted by Crippen LogP contribution is 2.52. The van der Waals surface area contributed by atoms with Crippen molar-refractivity contribution in [2.45, 2.75) is 62.2 Å². The Bertz CT molecular complexity index is 2230. The molecule has 0 nitrogen and oxygen atoms in total. The lowest BCUT2D eigenvalue weighted by Crippen LogP contribution is -2.10. The summed E-state index contributed by atoms with van der Waals surface area (Å²) in [6.07, 6.45) is 0. The molecule has 0 amide bonds. The Kier molecular flexibility index (Phi) is 6.18. The Morgan fingerprint density at radius 3 is 1.66 bits per heavy atom. The van der Waals surface area contributed by atoms with Crippen LogP contribution in [-0.2, 0) is 10.8 Å². The van der Waals surface area contributed by atoms with Crippen molar-refractivity contribution in [2.24, 2.45) is 0 Å². The highest BCUT2D eigenvalue weighted by Gasteiger charge is 2.23. The van der Waals surface area contributed by atoms with Crippen LogP contribution in [-0.4, -0.2) is 0 Å². The number of hydrogen-bond acceptors (Lipinski definition) is 2. The van der Waals surface area contributed by atoms with E-state index in [0.29, 0.717) is 0 Å². The zero-order valence-electron chi connectivity index (χ0n) is 26.2. The van der Waals surface area contributed by atoms with Crippen LogP contribution in [0.5, 0.6) is 0 Å². The molecule has 7 aromatic rings. The normalized spacial score (nSPS) is 13.1. The van der Waals surface area contributed by atoms with Crippen molar-refractivity contribution in [3.63, 3.8) is 0 Å². The number of fused-ring (bicyclic) bond motifs is 6. The van der Waals surface area contributed by atoms with E-state index in [1.165, 1.54) is 85.2 Å². The standard InChI is InChI=1S/C42H36S2/c1-41(2,3)29-16-10-25(11-17-29)27-14-20-31-34-24-38-39(33-8-7-9-35(40(33)34)43-36(31)22-27)32-21-15-28(23-37(32)44-38)26-12-18-30(19-13-26)42(4,5)6/h7-24H,1-6H3. The van der Waals surface area contributed by atoms with Gasteiger partial charge in [0.1, 0.15) is 0 Å². The summed E-state index contributed by atoms with van der Waals surface area (Å²) >= 11 is 3.84. The molecule has 1 aliphatic heterocycles. The van der Waals surface area contributed by atoms with E-state index < -0.39 is 0 Å². The van der Waals surface area contributed by atoms with Gasteiger partial charge < -0.3 is 0 Å². The van der Waals surface area contributed by atoms with Crippen LogP contribution in [0.3, 0.4) is 0 Å². The van der Waals surface area contributed by atoms with Crippen molar-refractivity contribution in [1.29, 1.82) is 0 Å². The van der Waals surface area contributed by atoms with Crippen molar-refractivity contribution >= 4 is 54.0 Å². The molecule has 0 aliphatic carbocycles. The van der Waals surface area contributed by atoms with Gasteiger partial charge in [0.2, 0.25) is 0 Å². The van der Waals surface area contributed by atoms with E-state index >= 15 is 0 Å². The third kappa shape index (κ3) is 4.50. The largest absolute Gasteiger partial charge is 0.135 e. The van der Waals surface area contributed by atoms with Crippen LogP contribution >= 0.6 is 23.1 Å². The molecule has 0 unspecified atom stereocenters.